The average molecular weight is 363 g/mol. The Balaban J connectivity index is 1.55. The van der Waals surface area contributed by atoms with Crippen LogP contribution in [0.25, 0.3) is 0 Å². The Kier molecular flexibility index (Phi) is 3.98. The number of anilines is 1. The van der Waals surface area contributed by atoms with Gasteiger partial charge in [-0.15, -0.1) is 0 Å². The van der Waals surface area contributed by atoms with Crippen molar-refractivity contribution in [2.45, 2.75) is 32.2 Å². The summed E-state index contributed by atoms with van der Waals surface area (Å²) in [6.07, 6.45) is 1.25. The highest BCUT2D eigenvalue weighted by Crippen LogP contribution is 2.41. The van der Waals surface area contributed by atoms with Crippen molar-refractivity contribution in [3.8, 4) is 0 Å². The molecular weight excluding hydrogens is 342 g/mol. The summed E-state index contributed by atoms with van der Waals surface area (Å²) in [6, 6.07) is 12.8. The van der Waals surface area contributed by atoms with Crippen molar-refractivity contribution in [3.63, 3.8) is 0 Å². The van der Waals surface area contributed by atoms with Gasteiger partial charge in [-0.05, 0) is 48.9 Å². The van der Waals surface area contributed by atoms with Gasteiger partial charge in [-0.25, -0.2) is 4.79 Å². The highest BCUT2D eigenvalue weighted by molar-refractivity contribution is 6.11. The van der Waals surface area contributed by atoms with Crippen LogP contribution in [0.15, 0.2) is 42.5 Å². The number of imide groups is 1. The van der Waals surface area contributed by atoms with E-state index in [4.69, 9.17) is 0 Å². The Morgan fingerprint density at radius 1 is 1.11 bits per heavy atom. The van der Waals surface area contributed by atoms with Gasteiger partial charge in [-0.2, -0.15) is 0 Å². The van der Waals surface area contributed by atoms with E-state index in [-0.39, 0.29) is 18.4 Å². The SMILES string of the molecule is Cc1cccc(C)c1NC(=O)CN1C(=O)N[C@@]2(CCc3ccccc32)C1=O. The standard InChI is InChI=1S/C21H21N3O3/c1-13-6-5-7-14(2)18(13)22-17(25)12-24-19(26)21(23-20(24)27)11-10-15-8-3-4-9-16(15)21/h3-9H,10-12H2,1-2H3,(H,22,25)(H,23,27)/t21-/m1/s1. The van der Waals surface area contributed by atoms with Crippen LogP contribution in [-0.4, -0.2) is 29.3 Å². The highest BCUT2D eigenvalue weighted by atomic mass is 16.2. The summed E-state index contributed by atoms with van der Waals surface area (Å²) in [5.41, 5.74) is 3.44. The number of fused-ring (bicyclic) bond motifs is 2. The Morgan fingerprint density at radius 2 is 1.81 bits per heavy atom. The third-order valence-electron chi connectivity index (χ3n) is 5.47. The van der Waals surface area contributed by atoms with Crippen LogP contribution in [0.1, 0.15) is 28.7 Å². The maximum atomic E-state index is 13.1. The fourth-order valence-electron chi connectivity index (χ4n) is 4.07. The zero-order valence-corrected chi connectivity index (χ0v) is 15.3. The first-order chi connectivity index (χ1) is 12.9. The van der Waals surface area contributed by atoms with Crippen molar-refractivity contribution in [3.05, 3.63) is 64.7 Å². The fraction of sp³-hybridized carbons (Fsp3) is 0.286. The quantitative estimate of drug-likeness (QED) is 0.823. The zero-order valence-electron chi connectivity index (χ0n) is 15.3. The van der Waals surface area contributed by atoms with Crippen LogP contribution in [0.3, 0.4) is 0 Å². The van der Waals surface area contributed by atoms with E-state index in [1.807, 2.05) is 56.3 Å². The zero-order chi connectivity index (χ0) is 19.2. The highest BCUT2D eigenvalue weighted by Gasteiger charge is 2.55. The molecule has 0 unspecified atom stereocenters. The van der Waals surface area contributed by atoms with E-state index in [0.717, 1.165) is 39.3 Å². The second-order valence-electron chi connectivity index (χ2n) is 7.20. The molecule has 0 radical (unpaired) electrons. The van der Waals surface area contributed by atoms with Gasteiger partial charge in [0.05, 0.1) is 0 Å². The van der Waals surface area contributed by atoms with Gasteiger partial charge in [-0.3, -0.25) is 14.5 Å². The molecule has 1 heterocycles. The molecule has 2 aliphatic rings. The number of amides is 4. The van der Waals surface area contributed by atoms with Crippen LogP contribution in [-0.2, 0) is 21.5 Å². The largest absolute Gasteiger partial charge is 0.325 e. The van der Waals surface area contributed by atoms with Crippen LogP contribution >= 0.6 is 0 Å². The number of carbonyl (C=O) groups is 3. The van der Waals surface area contributed by atoms with Crippen molar-refractivity contribution in [2.75, 3.05) is 11.9 Å². The lowest BCUT2D eigenvalue weighted by Crippen LogP contribution is -2.43. The molecule has 1 aliphatic carbocycles. The summed E-state index contributed by atoms with van der Waals surface area (Å²) in [5, 5.41) is 5.67. The molecule has 1 saturated heterocycles. The lowest BCUT2D eigenvalue weighted by atomic mass is 9.92. The third-order valence-corrected chi connectivity index (χ3v) is 5.47. The molecule has 1 aliphatic heterocycles. The molecule has 27 heavy (non-hydrogen) atoms. The Hall–Kier alpha value is -3.15. The second kappa shape index (κ2) is 6.23. The van der Waals surface area contributed by atoms with Gasteiger partial charge in [0.15, 0.2) is 0 Å². The first-order valence-electron chi connectivity index (χ1n) is 9.01. The molecule has 4 rings (SSSR count). The Labute approximate surface area is 157 Å². The maximum absolute atomic E-state index is 13.1. The van der Waals surface area contributed by atoms with Crippen LogP contribution in [0.4, 0.5) is 10.5 Å². The Bertz CT molecular complexity index is 949. The number of benzene rings is 2. The number of para-hydroxylation sites is 1. The summed E-state index contributed by atoms with van der Waals surface area (Å²) in [4.78, 5) is 39.1. The predicted molar refractivity (Wildman–Crippen MR) is 101 cm³/mol. The van der Waals surface area contributed by atoms with Gasteiger partial charge in [0.25, 0.3) is 5.91 Å². The summed E-state index contributed by atoms with van der Waals surface area (Å²) in [5.74, 6) is -0.742. The normalized spacial score (nSPS) is 20.7. The van der Waals surface area contributed by atoms with E-state index >= 15 is 0 Å². The lowest BCUT2D eigenvalue weighted by molar-refractivity contribution is -0.134. The van der Waals surface area contributed by atoms with Gasteiger partial charge in [0.1, 0.15) is 12.1 Å². The summed E-state index contributed by atoms with van der Waals surface area (Å²) in [6.45, 7) is 3.50. The van der Waals surface area contributed by atoms with E-state index in [9.17, 15) is 14.4 Å². The number of aryl methyl sites for hydroxylation is 3. The fourth-order valence-corrected chi connectivity index (χ4v) is 4.07. The number of nitrogens with zero attached hydrogens (tertiary/aromatic N) is 1. The van der Waals surface area contributed by atoms with Crippen molar-refractivity contribution in [1.29, 1.82) is 0 Å². The molecule has 4 amide bonds. The van der Waals surface area contributed by atoms with Crippen LogP contribution < -0.4 is 10.6 Å². The monoisotopic (exact) mass is 363 g/mol. The van der Waals surface area contributed by atoms with Gasteiger partial charge in [0.2, 0.25) is 5.91 Å². The molecule has 2 N–H and O–H groups in total. The van der Waals surface area contributed by atoms with E-state index in [1.54, 1.807) is 0 Å². The number of rotatable bonds is 3. The molecule has 1 spiro atoms. The molecule has 6 nitrogen and oxygen atoms in total. The molecule has 0 bridgehead atoms. The van der Waals surface area contributed by atoms with E-state index < -0.39 is 11.6 Å². The molecular formula is C21H21N3O3. The van der Waals surface area contributed by atoms with Crippen molar-refractivity contribution < 1.29 is 14.4 Å². The second-order valence-corrected chi connectivity index (χ2v) is 7.20. The predicted octanol–water partition coefficient (Wildman–Crippen LogP) is 2.64. The van der Waals surface area contributed by atoms with Crippen LogP contribution in [0.2, 0.25) is 0 Å². The Morgan fingerprint density at radius 3 is 2.56 bits per heavy atom. The molecule has 6 heteroatoms. The van der Waals surface area contributed by atoms with E-state index in [2.05, 4.69) is 10.6 Å². The van der Waals surface area contributed by atoms with Gasteiger partial charge in [-0.1, -0.05) is 42.5 Å². The number of carbonyl (C=O) groups excluding carboxylic acids is 3. The van der Waals surface area contributed by atoms with Crippen LogP contribution in [0.5, 0.6) is 0 Å². The molecule has 0 saturated carbocycles. The third kappa shape index (κ3) is 2.68. The minimum absolute atomic E-state index is 0.303. The molecule has 1 atom stereocenters. The number of urea groups is 1. The summed E-state index contributed by atoms with van der Waals surface area (Å²) < 4.78 is 0. The maximum Gasteiger partial charge on any atom is 0.325 e. The molecule has 2 aromatic carbocycles. The molecule has 138 valence electrons. The number of hydrogen-bond donors (Lipinski definition) is 2. The topological polar surface area (TPSA) is 78.5 Å². The van der Waals surface area contributed by atoms with Crippen molar-refractivity contribution >= 4 is 23.5 Å². The van der Waals surface area contributed by atoms with Crippen molar-refractivity contribution in [2.24, 2.45) is 0 Å². The van der Waals surface area contributed by atoms with E-state index in [0.29, 0.717) is 6.42 Å². The van der Waals surface area contributed by atoms with Crippen LogP contribution in [0, 0.1) is 13.8 Å². The van der Waals surface area contributed by atoms with Crippen molar-refractivity contribution in [1.82, 2.24) is 10.2 Å². The van der Waals surface area contributed by atoms with Gasteiger partial charge in [0, 0.05) is 5.69 Å². The first kappa shape index (κ1) is 17.3. The molecule has 0 aromatic heterocycles. The first-order valence-corrected chi connectivity index (χ1v) is 9.01. The minimum atomic E-state index is -1.04. The number of hydrogen-bond acceptors (Lipinski definition) is 3. The minimum Gasteiger partial charge on any atom is -0.324 e. The number of nitrogens with one attached hydrogen (secondary N) is 2. The average Bonchev–Trinajstić information content (AvgIpc) is 3.12. The van der Waals surface area contributed by atoms with E-state index in [1.165, 1.54) is 0 Å². The smallest absolute Gasteiger partial charge is 0.324 e. The lowest BCUT2D eigenvalue weighted by Gasteiger charge is -2.22. The van der Waals surface area contributed by atoms with Gasteiger partial charge < -0.3 is 10.6 Å². The summed E-state index contributed by atoms with van der Waals surface area (Å²) >= 11 is 0. The molecule has 1 fully saturated rings. The molecule has 2 aromatic rings. The summed E-state index contributed by atoms with van der Waals surface area (Å²) in [7, 11) is 0. The van der Waals surface area contributed by atoms with Gasteiger partial charge >= 0.3 is 6.03 Å².